The van der Waals surface area contributed by atoms with Gasteiger partial charge >= 0.3 is 0 Å². The number of allylic oxidation sites excluding steroid dienone is 4. The fourth-order valence-corrected chi connectivity index (χ4v) is 0.770. The van der Waals surface area contributed by atoms with E-state index >= 15 is 0 Å². The van der Waals surface area contributed by atoms with E-state index in [0.29, 0.717) is 0 Å². The van der Waals surface area contributed by atoms with Crippen molar-refractivity contribution in [1.82, 2.24) is 0 Å². The molecule has 0 unspecified atom stereocenters. The van der Waals surface area contributed by atoms with Crippen LogP contribution in [-0.4, -0.2) is 6.21 Å². The molecule has 0 saturated carbocycles. The molecule has 0 fully saturated rings. The monoisotopic (exact) mass is 382 g/mol. The van der Waals surface area contributed by atoms with Crippen LogP contribution in [0.1, 0.15) is 13.8 Å². The number of nitrogens with zero attached hydrogens (tertiary/aromatic N) is 1. The average Bonchev–Trinajstić information content (AvgIpc) is 1.93. The van der Waals surface area contributed by atoms with Crippen molar-refractivity contribution < 1.29 is 0 Å². The summed E-state index contributed by atoms with van der Waals surface area (Å²) in [5.74, 6) is 1.25. The topological polar surface area (TPSA) is 12.4 Å². The van der Waals surface area contributed by atoms with Crippen molar-refractivity contribution in [3.8, 4) is 0 Å². The van der Waals surface area contributed by atoms with Gasteiger partial charge in [0.25, 0.3) is 0 Å². The van der Waals surface area contributed by atoms with E-state index < -0.39 is 0 Å². The molecular weight excluding hydrogens is 372 g/mol. The molecule has 10 heavy (non-hydrogen) atoms. The van der Waals surface area contributed by atoms with Crippen LogP contribution in [0, 0.1) is 5.92 Å². The summed E-state index contributed by atoms with van der Waals surface area (Å²) < 4.78 is 0. The Kier molecular flexibility index (Phi) is 2.51. The van der Waals surface area contributed by atoms with E-state index in [-0.39, 0.29) is 0 Å². The van der Waals surface area contributed by atoms with Gasteiger partial charge in [-0.1, -0.05) is 19.5 Å². The summed E-state index contributed by atoms with van der Waals surface area (Å²) in [7, 11) is 0. The molecule has 0 aromatic heterocycles. The van der Waals surface area contributed by atoms with E-state index in [1.54, 1.807) is 0 Å². The summed E-state index contributed by atoms with van der Waals surface area (Å²) in [6.07, 6.45) is 7.85. The molecule has 1 heterocycles. The Morgan fingerprint density at radius 1 is 1.50 bits per heavy atom. The zero-order valence-electron chi connectivity index (χ0n) is 6.01. The van der Waals surface area contributed by atoms with Crippen LogP contribution in [0.5, 0.6) is 0 Å². The third-order valence-corrected chi connectivity index (χ3v) is 1.16. The SMILES string of the molecule is CC1=C[C-](C)C=CC=N1.[Lr]. The Balaban J connectivity index is 0.000000810. The van der Waals surface area contributed by atoms with Crippen LogP contribution in [0.15, 0.2) is 28.9 Å². The number of aliphatic imine (C=N–C) groups is 1. The molecule has 1 nitrogen and oxygen atoms in total. The molecule has 0 spiro atoms. The van der Waals surface area contributed by atoms with Gasteiger partial charge in [-0.2, -0.15) is 12.0 Å². The van der Waals surface area contributed by atoms with Crippen molar-refractivity contribution in [3.63, 3.8) is 0 Å². The third-order valence-electron chi connectivity index (χ3n) is 1.16. The van der Waals surface area contributed by atoms with Gasteiger partial charge in [0.15, 0.2) is 0 Å². The van der Waals surface area contributed by atoms with Crippen LogP contribution >= 0.6 is 0 Å². The predicted octanol–water partition coefficient (Wildman–Crippen LogP) is 2.13. The number of hydrogen-bond donors (Lipinski definition) is 0. The predicted molar refractivity (Wildman–Crippen MR) is 40.3 cm³/mol. The van der Waals surface area contributed by atoms with E-state index in [9.17, 15) is 0 Å². The fraction of sp³-hybridized carbons (Fsp3) is 0.250. The van der Waals surface area contributed by atoms with Gasteiger partial charge in [-0.15, -0.1) is 12.2 Å². The Morgan fingerprint density at radius 3 is 2.90 bits per heavy atom. The molecule has 0 atom stereocenters. The van der Waals surface area contributed by atoms with Gasteiger partial charge in [-0.3, -0.25) is 0 Å². The van der Waals surface area contributed by atoms with Gasteiger partial charge in [0, 0.05) is 0 Å². The molecule has 1 rings (SSSR count). The largest absolute Gasteiger partial charge is 0.338 e. The van der Waals surface area contributed by atoms with Crippen molar-refractivity contribution >= 4 is 6.21 Å². The minimum atomic E-state index is 0. The first-order valence-corrected chi connectivity index (χ1v) is 3.01. The first-order chi connectivity index (χ1) is 4.29. The van der Waals surface area contributed by atoms with Crippen molar-refractivity contribution in [2.24, 2.45) is 4.99 Å². The molecule has 0 amide bonds. The second-order valence-electron chi connectivity index (χ2n) is 2.17. The van der Waals surface area contributed by atoms with E-state index in [1.165, 1.54) is 5.92 Å². The molecule has 0 aromatic rings. The summed E-state index contributed by atoms with van der Waals surface area (Å²) in [5.41, 5.74) is 1.07. The molecule has 1 aliphatic heterocycles. The quantitative estimate of drug-likeness (QED) is 0.570. The van der Waals surface area contributed by atoms with Crippen LogP contribution in [0.4, 0.5) is 0 Å². The zero-order valence-corrected chi connectivity index (χ0v) is 8.16. The smallest absolute Gasteiger partial charge is 0 e. The molecule has 63 valence electrons. The number of rotatable bonds is 0. The van der Waals surface area contributed by atoms with Gasteiger partial charge < -0.3 is 4.99 Å². The van der Waals surface area contributed by atoms with E-state index in [0.717, 1.165) is 5.70 Å². The second-order valence-corrected chi connectivity index (χ2v) is 2.17. The minimum Gasteiger partial charge on any atom is -0.338 e. The Bertz CT molecular complexity index is 180. The molecule has 0 aromatic carbocycles. The standard InChI is InChI=1S/C8H10N.Lr/c1-7-4-3-5-9-8(2)6-7;/h3-6H,1-2H3;/q-1;. The fourth-order valence-electron chi connectivity index (χ4n) is 0.770. The van der Waals surface area contributed by atoms with Crippen molar-refractivity contribution in [2.45, 2.75) is 13.8 Å². The first kappa shape index (κ1) is 8.02. The molecule has 1 radical (unpaired) electrons. The van der Waals surface area contributed by atoms with E-state index in [2.05, 4.69) is 18.0 Å². The van der Waals surface area contributed by atoms with Crippen LogP contribution in [0.25, 0.3) is 0 Å². The molecule has 1 aliphatic rings. The van der Waals surface area contributed by atoms with Gasteiger partial charge in [0.05, 0.1) is 0 Å². The summed E-state index contributed by atoms with van der Waals surface area (Å²) in [6.45, 7) is 4.06. The second kappa shape index (κ2) is 3.13. The van der Waals surface area contributed by atoms with Gasteiger partial charge in [-0.25, -0.2) is 0 Å². The maximum atomic E-state index is 4.10. The molecule has 0 saturated heterocycles. The van der Waals surface area contributed by atoms with Crippen LogP contribution < -0.4 is 0 Å². The Hall–Kier alpha value is -1.98. The third kappa shape index (κ3) is 1.86. The van der Waals surface area contributed by atoms with Crippen LogP contribution in [-0.2, 0) is 0 Å². The molecule has 0 bridgehead atoms. The maximum Gasteiger partial charge on any atom is 0 e. The summed E-state index contributed by atoms with van der Waals surface area (Å²) in [6, 6.07) is 0. The van der Waals surface area contributed by atoms with E-state index in [4.69, 9.17) is 0 Å². The van der Waals surface area contributed by atoms with Gasteiger partial charge in [-0.05, 0) is 6.21 Å². The minimum absolute atomic E-state index is 0. The van der Waals surface area contributed by atoms with E-state index in [1.807, 2.05) is 25.3 Å². The Morgan fingerprint density at radius 2 is 2.20 bits per heavy atom. The average molecular weight is 382 g/mol. The maximum absolute atomic E-state index is 4.10. The normalized spacial score (nSPS) is 15.8. The molecule has 2 heteroatoms. The van der Waals surface area contributed by atoms with Crippen LogP contribution in [0.3, 0.4) is 0 Å². The van der Waals surface area contributed by atoms with Crippen LogP contribution in [0.2, 0.25) is 0 Å². The summed E-state index contributed by atoms with van der Waals surface area (Å²) in [4.78, 5) is 4.10. The molecular formula is C8H10LrN-. The van der Waals surface area contributed by atoms with Crippen molar-refractivity contribution in [3.05, 3.63) is 29.8 Å². The van der Waals surface area contributed by atoms with Crippen molar-refractivity contribution in [1.29, 1.82) is 0 Å². The summed E-state index contributed by atoms with van der Waals surface area (Å²) in [5, 5.41) is 0. The Labute approximate surface area is 55.8 Å². The number of hydrogen-bond acceptors (Lipinski definition) is 1. The molecule has 0 N–H and O–H groups in total. The van der Waals surface area contributed by atoms with Gasteiger partial charge in [0.1, 0.15) is 0 Å². The molecule has 0 aliphatic carbocycles. The first-order valence-electron chi connectivity index (χ1n) is 3.01. The zero-order chi connectivity index (χ0) is 6.69. The van der Waals surface area contributed by atoms with Crippen molar-refractivity contribution in [2.75, 3.05) is 0 Å². The summed E-state index contributed by atoms with van der Waals surface area (Å²) >= 11 is 0. The van der Waals surface area contributed by atoms with Gasteiger partial charge in [0.2, 0.25) is 0 Å².